The third kappa shape index (κ3) is 2.99. The van der Waals surface area contributed by atoms with Gasteiger partial charge in [-0.05, 0) is 79.3 Å². The molecule has 0 aromatic carbocycles. The van der Waals surface area contributed by atoms with Gasteiger partial charge in [-0.15, -0.1) is 0 Å². The first kappa shape index (κ1) is 16.5. The summed E-state index contributed by atoms with van der Waals surface area (Å²) in [6, 6.07) is 14.7. The Labute approximate surface area is 163 Å². The number of nitrogens with one attached hydrogen (secondary N) is 1. The largest absolute Gasteiger partial charge is 0.355 e. The van der Waals surface area contributed by atoms with Crippen molar-refractivity contribution in [3.8, 4) is 0 Å². The van der Waals surface area contributed by atoms with E-state index in [0.717, 1.165) is 44.8 Å². The van der Waals surface area contributed by atoms with E-state index in [1.54, 1.807) is 0 Å². The predicted molar refractivity (Wildman–Crippen MR) is 118 cm³/mol. The number of hydrogen-bond acceptors (Lipinski definition) is 2. The minimum atomic E-state index is 0.939. The molecule has 3 aromatic heterocycles. The minimum absolute atomic E-state index is 0.939. The highest BCUT2D eigenvalue weighted by Gasteiger charge is 2.06. The standard InChI is InChI=1S/C24H20N4/c1-3-4-16-11-23-14-21-9-7-19(26-21)12-17-5-6-18(25-17)13-20-8-10-22(27-20)15-24(16)28(23)2/h3-15,25H,1-2H3. The van der Waals surface area contributed by atoms with Gasteiger partial charge in [0.15, 0.2) is 0 Å². The van der Waals surface area contributed by atoms with Crippen molar-refractivity contribution in [2.24, 2.45) is 7.05 Å². The van der Waals surface area contributed by atoms with Gasteiger partial charge in [0.05, 0.1) is 28.3 Å². The number of allylic oxidation sites excluding steroid dienone is 1. The first-order valence-electron chi connectivity index (χ1n) is 9.36. The molecule has 0 saturated carbocycles. The van der Waals surface area contributed by atoms with E-state index in [2.05, 4.69) is 83.4 Å². The lowest BCUT2D eigenvalue weighted by Gasteiger charge is -1.97. The van der Waals surface area contributed by atoms with Crippen LogP contribution in [0.3, 0.4) is 0 Å². The lowest BCUT2D eigenvalue weighted by molar-refractivity contribution is 1.01. The Balaban J connectivity index is 1.90. The van der Waals surface area contributed by atoms with Crippen LogP contribution in [-0.4, -0.2) is 19.5 Å². The van der Waals surface area contributed by atoms with Gasteiger partial charge in [-0.3, -0.25) is 0 Å². The summed E-state index contributed by atoms with van der Waals surface area (Å²) in [5.41, 5.74) is 9.23. The molecular weight excluding hydrogens is 344 g/mol. The Hall–Kier alpha value is -3.66. The van der Waals surface area contributed by atoms with Crippen molar-refractivity contribution in [3.63, 3.8) is 0 Å². The summed E-state index contributed by atoms with van der Waals surface area (Å²) in [6.07, 6.45) is 12.4. The molecule has 8 bridgehead atoms. The maximum absolute atomic E-state index is 4.76. The van der Waals surface area contributed by atoms with Crippen molar-refractivity contribution in [2.45, 2.75) is 6.92 Å². The molecule has 0 atom stereocenters. The van der Waals surface area contributed by atoms with Crippen molar-refractivity contribution in [1.82, 2.24) is 19.5 Å². The number of nitrogens with zero attached hydrogens (tertiary/aromatic N) is 3. The molecule has 0 unspecified atom stereocenters. The van der Waals surface area contributed by atoms with Crippen LogP contribution >= 0.6 is 0 Å². The molecule has 0 amide bonds. The number of fused-ring (bicyclic) bond motifs is 8. The summed E-state index contributed by atoms with van der Waals surface area (Å²) >= 11 is 0. The van der Waals surface area contributed by atoms with Crippen LogP contribution in [0.5, 0.6) is 0 Å². The van der Waals surface area contributed by atoms with E-state index in [0.29, 0.717) is 0 Å². The van der Waals surface area contributed by atoms with Crippen LogP contribution in [0, 0.1) is 0 Å². The summed E-state index contributed by atoms with van der Waals surface area (Å²) in [5, 5.41) is 0. The van der Waals surface area contributed by atoms with E-state index < -0.39 is 0 Å². The van der Waals surface area contributed by atoms with Gasteiger partial charge in [-0.2, -0.15) is 0 Å². The average molecular weight is 364 g/mol. The van der Waals surface area contributed by atoms with Crippen LogP contribution in [0.4, 0.5) is 0 Å². The summed E-state index contributed by atoms with van der Waals surface area (Å²) in [4.78, 5) is 12.9. The summed E-state index contributed by atoms with van der Waals surface area (Å²) in [7, 11) is 2.08. The van der Waals surface area contributed by atoms with Crippen LogP contribution in [-0.2, 0) is 7.05 Å². The van der Waals surface area contributed by atoms with Gasteiger partial charge in [-0.25, -0.2) is 9.97 Å². The Bertz CT molecular complexity index is 1330. The summed E-state index contributed by atoms with van der Waals surface area (Å²) in [5.74, 6) is 0. The predicted octanol–water partition coefficient (Wildman–Crippen LogP) is 5.70. The van der Waals surface area contributed by atoms with Crippen LogP contribution in [0.15, 0.2) is 48.5 Å². The molecule has 28 heavy (non-hydrogen) atoms. The molecule has 0 aliphatic carbocycles. The maximum Gasteiger partial charge on any atom is 0.0658 e. The summed E-state index contributed by atoms with van der Waals surface area (Å²) in [6.45, 7) is 2.04. The van der Waals surface area contributed by atoms with Crippen LogP contribution < -0.4 is 0 Å². The molecule has 2 aliphatic rings. The molecule has 0 radical (unpaired) electrons. The van der Waals surface area contributed by atoms with Gasteiger partial charge in [0.25, 0.3) is 0 Å². The zero-order valence-corrected chi connectivity index (χ0v) is 15.8. The molecule has 0 fully saturated rings. The molecule has 136 valence electrons. The second kappa shape index (κ2) is 6.50. The van der Waals surface area contributed by atoms with Crippen LogP contribution in [0.25, 0.3) is 52.4 Å². The van der Waals surface area contributed by atoms with Crippen molar-refractivity contribution < 1.29 is 0 Å². The fraction of sp³-hybridized carbons (Fsp3) is 0.0833. The van der Waals surface area contributed by atoms with E-state index in [-0.39, 0.29) is 0 Å². The number of aromatic nitrogens is 4. The lowest BCUT2D eigenvalue weighted by Crippen LogP contribution is -1.87. The monoisotopic (exact) mass is 364 g/mol. The maximum atomic E-state index is 4.76. The van der Waals surface area contributed by atoms with Gasteiger partial charge in [0.1, 0.15) is 0 Å². The molecule has 3 aromatic rings. The Morgan fingerprint density at radius 2 is 1.36 bits per heavy atom. The number of rotatable bonds is 1. The van der Waals surface area contributed by atoms with Crippen molar-refractivity contribution in [1.29, 1.82) is 0 Å². The SMILES string of the molecule is CC=Cc1cc2cc3nc(cc4ccc(cc5nc(cc1n2C)C=C5)[nH]4)C=C3. The Morgan fingerprint density at radius 3 is 1.96 bits per heavy atom. The molecule has 4 heteroatoms. The van der Waals surface area contributed by atoms with Crippen LogP contribution in [0.1, 0.15) is 35.3 Å². The lowest BCUT2D eigenvalue weighted by atomic mass is 10.2. The molecule has 5 heterocycles. The second-order valence-corrected chi connectivity index (χ2v) is 7.00. The molecule has 1 N–H and O–H groups in total. The van der Waals surface area contributed by atoms with E-state index in [4.69, 9.17) is 9.97 Å². The second-order valence-electron chi connectivity index (χ2n) is 7.00. The molecule has 0 spiro atoms. The minimum Gasteiger partial charge on any atom is -0.355 e. The first-order valence-corrected chi connectivity index (χ1v) is 9.36. The van der Waals surface area contributed by atoms with Gasteiger partial charge in [0.2, 0.25) is 0 Å². The highest BCUT2D eigenvalue weighted by atomic mass is 14.9. The van der Waals surface area contributed by atoms with Crippen molar-refractivity contribution in [3.05, 3.63) is 76.9 Å². The summed E-state index contributed by atoms with van der Waals surface area (Å²) < 4.78 is 2.19. The number of hydrogen-bond donors (Lipinski definition) is 1. The fourth-order valence-corrected chi connectivity index (χ4v) is 3.61. The van der Waals surface area contributed by atoms with E-state index in [1.807, 2.05) is 19.1 Å². The third-order valence-electron chi connectivity index (χ3n) is 4.98. The zero-order chi connectivity index (χ0) is 19.1. The van der Waals surface area contributed by atoms with Crippen molar-refractivity contribution >= 4 is 52.4 Å². The molecule has 0 saturated heterocycles. The average Bonchev–Trinajstić information content (AvgIpc) is 3.44. The van der Waals surface area contributed by atoms with Gasteiger partial charge < -0.3 is 9.55 Å². The number of aryl methyl sites for hydroxylation is 1. The normalized spacial score (nSPS) is 12.9. The Morgan fingerprint density at radius 1 is 0.786 bits per heavy atom. The molecule has 4 nitrogen and oxygen atoms in total. The highest BCUT2D eigenvalue weighted by molar-refractivity contribution is 5.82. The Kier molecular flexibility index (Phi) is 3.83. The number of H-pyrrole nitrogens is 1. The molecule has 5 rings (SSSR count). The van der Waals surface area contributed by atoms with E-state index in [1.165, 1.54) is 5.56 Å². The van der Waals surface area contributed by atoms with E-state index >= 15 is 0 Å². The van der Waals surface area contributed by atoms with Gasteiger partial charge in [0, 0.05) is 23.6 Å². The number of aromatic amines is 1. The topological polar surface area (TPSA) is 46.5 Å². The first-order chi connectivity index (χ1) is 13.7. The van der Waals surface area contributed by atoms with E-state index in [9.17, 15) is 0 Å². The quantitative estimate of drug-likeness (QED) is 0.415. The van der Waals surface area contributed by atoms with Crippen molar-refractivity contribution in [2.75, 3.05) is 0 Å². The smallest absolute Gasteiger partial charge is 0.0658 e. The zero-order valence-electron chi connectivity index (χ0n) is 15.8. The van der Waals surface area contributed by atoms with Gasteiger partial charge >= 0.3 is 0 Å². The highest BCUT2D eigenvalue weighted by Crippen LogP contribution is 2.22. The third-order valence-corrected chi connectivity index (χ3v) is 4.98. The molecule has 2 aliphatic heterocycles. The fourth-order valence-electron chi connectivity index (χ4n) is 3.61. The van der Waals surface area contributed by atoms with Gasteiger partial charge in [-0.1, -0.05) is 12.2 Å². The molecular formula is C24H20N4. The van der Waals surface area contributed by atoms with Crippen LogP contribution in [0.2, 0.25) is 0 Å².